The first-order valence-electron chi connectivity index (χ1n) is 8.33. The summed E-state index contributed by atoms with van der Waals surface area (Å²) >= 11 is 0. The first-order valence-corrected chi connectivity index (χ1v) is 8.33. The van der Waals surface area contributed by atoms with Gasteiger partial charge in [0.2, 0.25) is 5.91 Å². The molecular weight excluding hydrogens is 268 g/mol. The van der Waals surface area contributed by atoms with E-state index in [9.17, 15) is 9.59 Å². The molecule has 0 aromatic carbocycles. The Morgan fingerprint density at radius 2 is 2.10 bits per heavy atom. The molecule has 0 radical (unpaired) electrons. The normalized spacial score (nSPS) is 29.4. The van der Waals surface area contributed by atoms with Crippen LogP contribution in [0.3, 0.4) is 0 Å². The monoisotopic (exact) mass is 294 g/mol. The van der Waals surface area contributed by atoms with Crippen LogP contribution in [0.15, 0.2) is 0 Å². The van der Waals surface area contributed by atoms with Gasteiger partial charge in [-0.15, -0.1) is 0 Å². The van der Waals surface area contributed by atoms with Gasteiger partial charge in [-0.05, 0) is 18.3 Å². The first kappa shape index (κ1) is 14.7. The summed E-state index contributed by atoms with van der Waals surface area (Å²) in [4.78, 5) is 27.3. The Morgan fingerprint density at radius 3 is 2.76 bits per heavy atom. The topological polar surface area (TPSA) is 49.9 Å². The maximum absolute atomic E-state index is 12.4. The Hall–Kier alpha value is -1.26. The van der Waals surface area contributed by atoms with Crippen molar-refractivity contribution in [2.45, 2.75) is 38.5 Å². The number of carbonyl (C=O) groups excluding carboxylic acids is 2. The largest absolute Gasteiger partial charge is 0.448 e. The summed E-state index contributed by atoms with van der Waals surface area (Å²) < 4.78 is 4.90. The lowest BCUT2D eigenvalue weighted by Crippen LogP contribution is -2.37. The van der Waals surface area contributed by atoms with Gasteiger partial charge in [0.15, 0.2) is 0 Å². The van der Waals surface area contributed by atoms with E-state index in [0.717, 1.165) is 12.3 Å². The molecule has 5 heteroatoms. The fourth-order valence-electron chi connectivity index (χ4n) is 3.87. The summed E-state index contributed by atoms with van der Waals surface area (Å²) in [7, 11) is 1.86. The third-order valence-electron chi connectivity index (χ3n) is 5.34. The van der Waals surface area contributed by atoms with E-state index in [1.807, 2.05) is 7.05 Å². The molecule has 5 nitrogen and oxygen atoms in total. The Labute approximate surface area is 126 Å². The van der Waals surface area contributed by atoms with Gasteiger partial charge in [-0.2, -0.15) is 0 Å². The molecule has 2 atom stereocenters. The molecule has 2 amide bonds. The van der Waals surface area contributed by atoms with Gasteiger partial charge >= 0.3 is 6.09 Å². The van der Waals surface area contributed by atoms with Crippen molar-refractivity contribution < 1.29 is 14.3 Å². The van der Waals surface area contributed by atoms with Crippen LogP contribution in [0.2, 0.25) is 0 Å². The average Bonchev–Trinajstić information content (AvgIpc) is 3.21. The number of nitrogens with zero attached hydrogens (tertiary/aromatic N) is 2. The van der Waals surface area contributed by atoms with E-state index in [1.54, 1.807) is 9.80 Å². The molecule has 0 spiro atoms. The number of cyclic esters (lactones) is 1. The fraction of sp³-hybridized carbons (Fsp3) is 0.875. The summed E-state index contributed by atoms with van der Waals surface area (Å²) in [5.41, 5.74) is 0. The highest BCUT2D eigenvalue weighted by atomic mass is 16.6. The molecule has 3 aliphatic rings. The van der Waals surface area contributed by atoms with Gasteiger partial charge in [-0.25, -0.2) is 4.79 Å². The van der Waals surface area contributed by atoms with Crippen molar-refractivity contribution in [2.75, 3.05) is 33.3 Å². The van der Waals surface area contributed by atoms with Crippen molar-refractivity contribution in [2.24, 2.45) is 17.8 Å². The van der Waals surface area contributed by atoms with E-state index in [2.05, 4.69) is 0 Å². The van der Waals surface area contributed by atoms with Crippen molar-refractivity contribution in [1.29, 1.82) is 0 Å². The van der Waals surface area contributed by atoms with E-state index in [0.29, 0.717) is 32.2 Å². The van der Waals surface area contributed by atoms with E-state index >= 15 is 0 Å². The minimum Gasteiger partial charge on any atom is -0.448 e. The van der Waals surface area contributed by atoms with E-state index in [4.69, 9.17) is 4.74 Å². The highest BCUT2D eigenvalue weighted by molar-refractivity contribution is 5.81. The van der Waals surface area contributed by atoms with Crippen LogP contribution in [-0.4, -0.2) is 55.1 Å². The summed E-state index contributed by atoms with van der Waals surface area (Å²) in [5, 5.41) is 0. The van der Waals surface area contributed by atoms with Crippen LogP contribution in [0, 0.1) is 17.8 Å². The number of rotatable bonds is 5. The minimum absolute atomic E-state index is 0.248. The van der Waals surface area contributed by atoms with Crippen LogP contribution in [0.25, 0.3) is 0 Å². The number of amides is 2. The Bertz CT molecular complexity index is 406. The summed E-state index contributed by atoms with van der Waals surface area (Å²) in [6.45, 7) is 2.32. The zero-order valence-corrected chi connectivity index (χ0v) is 12.9. The summed E-state index contributed by atoms with van der Waals surface area (Å²) in [5.74, 6) is 1.95. The molecule has 1 heterocycles. The molecule has 118 valence electrons. The van der Waals surface area contributed by atoms with Crippen molar-refractivity contribution in [3.63, 3.8) is 0 Å². The molecule has 0 N–H and O–H groups in total. The standard InChI is InChI=1S/C16H26N2O3/c1-17(7-8-18-9-10-21-16(18)20)15(19)14-11-13(14)12-5-3-2-4-6-12/h12-14H,2-11H2,1H3/t13-,14-/m0/s1. The molecule has 0 unspecified atom stereocenters. The highest BCUT2D eigenvalue weighted by Gasteiger charge is 2.48. The molecule has 2 saturated carbocycles. The zero-order valence-electron chi connectivity index (χ0n) is 12.9. The quantitative estimate of drug-likeness (QED) is 0.780. The van der Waals surface area contributed by atoms with Crippen LogP contribution in [0.1, 0.15) is 38.5 Å². The molecule has 1 aliphatic heterocycles. The average molecular weight is 294 g/mol. The van der Waals surface area contributed by atoms with Gasteiger partial charge in [0.25, 0.3) is 0 Å². The van der Waals surface area contributed by atoms with Crippen LogP contribution in [0.4, 0.5) is 4.79 Å². The SMILES string of the molecule is CN(CCN1CCOC1=O)C(=O)[C@H]1C[C@H]1C1CCCCC1. The highest BCUT2D eigenvalue weighted by Crippen LogP contribution is 2.50. The summed E-state index contributed by atoms with van der Waals surface area (Å²) in [6.07, 6.45) is 7.52. The molecule has 2 aliphatic carbocycles. The van der Waals surface area contributed by atoms with Gasteiger partial charge in [-0.1, -0.05) is 32.1 Å². The van der Waals surface area contributed by atoms with Crippen LogP contribution in [-0.2, 0) is 9.53 Å². The van der Waals surface area contributed by atoms with E-state index in [1.165, 1.54) is 32.1 Å². The third-order valence-corrected chi connectivity index (χ3v) is 5.34. The van der Waals surface area contributed by atoms with Crippen LogP contribution in [0.5, 0.6) is 0 Å². The number of hydrogen-bond donors (Lipinski definition) is 0. The first-order chi connectivity index (χ1) is 10.2. The molecular formula is C16H26N2O3. The Balaban J connectivity index is 1.42. The van der Waals surface area contributed by atoms with Gasteiger partial charge in [-0.3, -0.25) is 4.79 Å². The lowest BCUT2D eigenvalue weighted by molar-refractivity contribution is -0.131. The summed E-state index contributed by atoms with van der Waals surface area (Å²) in [6, 6.07) is 0. The predicted octanol–water partition coefficient (Wildman–Crippen LogP) is 2.11. The number of carbonyl (C=O) groups is 2. The Morgan fingerprint density at radius 1 is 1.33 bits per heavy atom. The molecule has 3 rings (SSSR count). The number of hydrogen-bond acceptors (Lipinski definition) is 3. The van der Waals surface area contributed by atoms with E-state index in [-0.39, 0.29) is 17.9 Å². The van der Waals surface area contributed by atoms with Gasteiger partial charge in [0, 0.05) is 26.1 Å². The van der Waals surface area contributed by atoms with Crippen molar-refractivity contribution in [3.8, 4) is 0 Å². The Kier molecular flexibility index (Phi) is 4.36. The molecule has 0 aromatic rings. The van der Waals surface area contributed by atoms with E-state index < -0.39 is 0 Å². The molecule has 0 bridgehead atoms. The lowest BCUT2D eigenvalue weighted by atomic mass is 9.85. The zero-order chi connectivity index (χ0) is 14.8. The maximum Gasteiger partial charge on any atom is 0.409 e. The van der Waals surface area contributed by atoms with Crippen molar-refractivity contribution >= 4 is 12.0 Å². The second-order valence-corrected chi connectivity index (χ2v) is 6.77. The molecule has 21 heavy (non-hydrogen) atoms. The van der Waals surface area contributed by atoms with Gasteiger partial charge < -0.3 is 14.5 Å². The fourth-order valence-corrected chi connectivity index (χ4v) is 3.87. The third kappa shape index (κ3) is 3.33. The number of ether oxygens (including phenoxy) is 1. The minimum atomic E-state index is -0.248. The predicted molar refractivity (Wildman–Crippen MR) is 78.7 cm³/mol. The van der Waals surface area contributed by atoms with Crippen LogP contribution < -0.4 is 0 Å². The molecule has 1 saturated heterocycles. The second-order valence-electron chi connectivity index (χ2n) is 6.77. The van der Waals surface area contributed by atoms with Crippen molar-refractivity contribution in [3.05, 3.63) is 0 Å². The van der Waals surface area contributed by atoms with Gasteiger partial charge in [0.05, 0.1) is 6.54 Å². The van der Waals surface area contributed by atoms with Gasteiger partial charge in [0.1, 0.15) is 6.61 Å². The van der Waals surface area contributed by atoms with Crippen LogP contribution >= 0.6 is 0 Å². The lowest BCUT2D eigenvalue weighted by Gasteiger charge is -2.23. The smallest absolute Gasteiger partial charge is 0.409 e. The maximum atomic E-state index is 12.4. The molecule has 0 aromatic heterocycles. The van der Waals surface area contributed by atoms with Crippen molar-refractivity contribution in [1.82, 2.24) is 9.80 Å². The molecule has 3 fully saturated rings. The second kappa shape index (κ2) is 6.24. The number of likely N-dealkylation sites (N-methyl/N-ethyl adjacent to an activating group) is 1.